The minimum Gasteiger partial charge on any atom is -0.478 e. The SMILES string of the molecule is CC(C)c1cc(C(=O)O)cc(OCc2ccccc2)n1. The molecule has 104 valence electrons. The van der Waals surface area contributed by atoms with Crippen LogP contribution in [0.2, 0.25) is 0 Å². The molecule has 0 aliphatic heterocycles. The normalized spacial score (nSPS) is 10.6. The highest BCUT2D eigenvalue weighted by molar-refractivity contribution is 5.88. The third kappa shape index (κ3) is 3.57. The smallest absolute Gasteiger partial charge is 0.335 e. The van der Waals surface area contributed by atoms with Crippen LogP contribution in [0.25, 0.3) is 0 Å². The number of benzene rings is 1. The zero-order valence-electron chi connectivity index (χ0n) is 11.5. The van der Waals surface area contributed by atoms with E-state index < -0.39 is 5.97 Å². The summed E-state index contributed by atoms with van der Waals surface area (Å²) in [6.07, 6.45) is 0. The molecule has 2 rings (SSSR count). The molecule has 0 bridgehead atoms. The van der Waals surface area contributed by atoms with Crippen LogP contribution in [-0.4, -0.2) is 16.1 Å². The first kappa shape index (κ1) is 14.1. The van der Waals surface area contributed by atoms with E-state index in [1.54, 1.807) is 6.07 Å². The van der Waals surface area contributed by atoms with Crippen molar-refractivity contribution in [2.75, 3.05) is 0 Å². The molecule has 0 unspecified atom stereocenters. The van der Waals surface area contributed by atoms with Crippen molar-refractivity contribution in [1.82, 2.24) is 4.98 Å². The van der Waals surface area contributed by atoms with Gasteiger partial charge < -0.3 is 9.84 Å². The number of aromatic nitrogens is 1. The van der Waals surface area contributed by atoms with Crippen LogP contribution in [0.3, 0.4) is 0 Å². The van der Waals surface area contributed by atoms with Gasteiger partial charge >= 0.3 is 5.97 Å². The Morgan fingerprint density at radius 3 is 2.55 bits per heavy atom. The van der Waals surface area contributed by atoms with Gasteiger partial charge in [-0.1, -0.05) is 44.2 Å². The fraction of sp³-hybridized carbons (Fsp3) is 0.250. The molecule has 2 aromatic rings. The van der Waals surface area contributed by atoms with E-state index >= 15 is 0 Å². The third-order valence-corrected chi connectivity index (χ3v) is 2.89. The molecule has 1 heterocycles. The van der Waals surface area contributed by atoms with Crippen molar-refractivity contribution in [2.45, 2.75) is 26.4 Å². The van der Waals surface area contributed by atoms with Crippen LogP contribution in [0.1, 0.15) is 41.4 Å². The van der Waals surface area contributed by atoms with Gasteiger partial charge in [-0.25, -0.2) is 9.78 Å². The summed E-state index contributed by atoms with van der Waals surface area (Å²) in [7, 11) is 0. The molecule has 0 radical (unpaired) electrons. The molecule has 0 aliphatic rings. The highest BCUT2D eigenvalue weighted by atomic mass is 16.5. The number of nitrogens with zero attached hydrogens (tertiary/aromatic N) is 1. The Labute approximate surface area is 118 Å². The summed E-state index contributed by atoms with van der Waals surface area (Å²) in [6.45, 7) is 4.30. The van der Waals surface area contributed by atoms with Crippen molar-refractivity contribution in [3.05, 3.63) is 59.3 Å². The summed E-state index contributed by atoms with van der Waals surface area (Å²) in [6, 6.07) is 12.7. The topological polar surface area (TPSA) is 59.4 Å². The van der Waals surface area contributed by atoms with Crippen molar-refractivity contribution in [3.63, 3.8) is 0 Å². The van der Waals surface area contributed by atoms with E-state index in [4.69, 9.17) is 9.84 Å². The summed E-state index contributed by atoms with van der Waals surface area (Å²) in [5, 5.41) is 9.12. The average Bonchev–Trinajstić information content (AvgIpc) is 2.45. The first-order chi connectivity index (χ1) is 9.56. The second-order valence-electron chi connectivity index (χ2n) is 4.85. The Morgan fingerprint density at radius 2 is 1.95 bits per heavy atom. The van der Waals surface area contributed by atoms with Crippen molar-refractivity contribution in [2.24, 2.45) is 0 Å². The molecular weight excluding hydrogens is 254 g/mol. The van der Waals surface area contributed by atoms with Gasteiger partial charge in [0.1, 0.15) is 6.61 Å². The van der Waals surface area contributed by atoms with Gasteiger partial charge in [0.05, 0.1) is 5.56 Å². The molecule has 0 fully saturated rings. The molecule has 0 saturated heterocycles. The number of carboxylic acids is 1. The molecule has 0 aliphatic carbocycles. The zero-order chi connectivity index (χ0) is 14.5. The Hall–Kier alpha value is -2.36. The van der Waals surface area contributed by atoms with Crippen molar-refractivity contribution < 1.29 is 14.6 Å². The van der Waals surface area contributed by atoms with Crippen LogP contribution in [0.15, 0.2) is 42.5 Å². The van der Waals surface area contributed by atoms with Crippen LogP contribution in [-0.2, 0) is 6.61 Å². The number of rotatable bonds is 5. The fourth-order valence-corrected chi connectivity index (χ4v) is 1.75. The molecule has 1 aromatic heterocycles. The highest BCUT2D eigenvalue weighted by Crippen LogP contribution is 2.20. The lowest BCUT2D eigenvalue weighted by molar-refractivity contribution is 0.0696. The quantitative estimate of drug-likeness (QED) is 0.904. The van der Waals surface area contributed by atoms with Crippen LogP contribution >= 0.6 is 0 Å². The van der Waals surface area contributed by atoms with Gasteiger partial charge in [-0.2, -0.15) is 0 Å². The first-order valence-corrected chi connectivity index (χ1v) is 6.48. The Morgan fingerprint density at radius 1 is 1.25 bits per heavy atom. The maximum absolute atomic E-state index is 11.1. The number of hydrogen-bond donors (Lipinski definition) is 1. The molecule has 0 saturated carbocycles. The zero-order valence-corrected chi connectivity index (χ0v) is 11.5. The Bertz CT molecular complexity index is 594. The van der Waals surface area contributed by atoms with Gasteiger partial charge in [0.25, 0.3) is 0 Å². The maximum Gasteiger partial charge on any atom is 0.335 e. The van der Waals surface area contributed by atoms with E-state index in [0.29, 0.717) is 18.2 Å². The third-order valence-electron chi connectivity index (χ3n) is 2.89. The minimum atomic E-state index is -0.973. The highest BCUT2D eigenvalue weighted by Gasteiger charge is 2.11. The van der Waals surface area contributed by atoms with Crippen molar-refractivity contribution >= 4 is 5.97 Å². The molecule has 4 nitrogen and oxygen atoms in total. The summed E-state index contributed by atoms with van der Waals surface area (Å²) in [5.74, 6) is -0.482. The van der Waals surface area contributed by atoms with Gasteiger partial charge in [0, 0.05) is 11.8 Å². The molecule has 1 aromatic carbocycles. The van der Waals surface area contributed by atoms with Crippen LogP contribution in [0.4, 0.5) is 0 Å². The first-order valence-electron chi connectivity index (χ1n) is 6.48. The van der Waals surface area contributed by atoms with Gasteiger partial charge in [0.2, 0.25) is 5.88 Å². The fourth-order valence-electron chi connectivity index (χ4n) is 1.75. The summed E-state index contributed by atoms with van der Waals surface area (Å²) in [5.41, 5.74) is 1.93. The van der Waals surface area contributed by atoms with Crippen LogP contribution in [0, 0.1) is 0 Å². The van der Waals surface area contributed by atoms with Crippen LogP contribution < -0.4 is 4.74 Å². The Kier molecular flexibility index (Phi) is 4.35. The van der Waals surface area contributed by atoms with Gasteiger partial charge in [-0.05, 0) is 17.5 Å². The molecule has 0 atom stereocenters. The molecule has 0 amide bonds. The van der Waals surface area contributed by atoms with E-state index in [9.17, 15) is 4.79 Å². The van der Waals surface area contributed by atoms with E-state index in [-0.39, 0.29) is 11.5 Å². The molecule has 1 N–H and O–H groups in total. The average molecular weight is 271 g/mol. The molecule has 0 spiro atoms. The predicted molar refractivity (Wildman–Crippen MR) is 76.1 cm³/mol. The number of ether oxygens (including phenoxy) is 1. The molecular formula is C16H17NO3. The lowest BCUT2D eigenvalue weighted by Crippen LogP contribution is -2.05. The molecule has 4 heteroatoms. The maximum atomic E-state index is 11.1. The van der Waals surface area contributed by atoms with E-state index in [2.05, 4.69) is 4.98 Å². The summed E-state index contributed by atoms with van der Waals surface area (Å²) < 4.78 is 5.60. The van der Waals surface area contributed by atoms with E-state index in [0.717, 1.165) is 5.56 Å². The summed E-state index contributed by atoms with van der Waals surface area (Å²) in [4.78, 5) is 15.5. The van der Waals surface area contributed by atoms with E-state index in [1.807, 2.05) is 44.2 Å². The lowest BCUT2D eigenvalue weighted by Gasteiger charge is -2.10. The number of aromatic carboxylic acids is 1. The monoisotopic (exact) mass is 271 g/mol. The molecule has 20 heavy (non-hydrogen) atoms. The largest absolute Gasteiger partial charge is 0.478 e. The number of hydrogen-bond acceptors (Lipinski definition) is 3. The van der Waals surface area contributed by atoms with E-state index in [1.165, 1.54) is 6.07 Å². The Balaban J connectivity index is 2.20. The van der Waals surface area contributed by atoms with Gasteiger partial charge in [-0.3, -0.25) is 0 Å². The number of carboxylic acid groups (broad SMARTS) is 1. The van der Waals surface area contributed by atoms with Gasteiger partial charge in [0.15, 0.2) is 0 Å². The standard InChI is InChI=1S/C16H17NO3/c1-11(2)14-8-13(16(18)19)9-15(17-14)20-10-12-6-4-3-5-7-12/h3-9,11H,10H2,1-2H3,(H,18,19). The summed E-state index contributed by atoms with van der Waals surface area (Å²) >= 11 is 0. The number of carbonyl (C=O) groups is 1. The number of pyridine rings is 1. The van der Waals surface area contributed by atoms with Crippen molar-refractivity contribution in [3.8, 4) is 5.88 Å². The lowest BCUT2D eigenvalue weighted by atomic mass is 10.1. The predicted octanol–water partition coefficient (Wildman–Crippen LogP) is 3.48. The van der Waals surface area contributed by atoms with Gasteiger partial charge in [-0.15, -0.1) is 0 Å². The van der Waals surface area contributed by atoms with Crippen LogP contribution in [0.5, 0.6) is 5.88 Å². The van der Waals surface area contributed by atoms with Crippen molar-refractivity contribution in [1.29, 1.82) is 0 Å². The second kappa shape index (κ2) is 6.19. The minimum absolute atomic E-state index is 0.147. The second-order valence-corrected chi connectivity index (χ2v) is 4.85.